The Hall–Kier alpha value is -3.16. The lowest BCUT2D eigenvalue weighted by atomic mass is 10.1. The molecule has 0 bridgehead atoms. The Morgan fingerprint density at radius 2 is 1.86 bits per heavy atom. The number of ether oxygens (including phenoxy) is 3. The van der Waals surface area contributed by atoms with E-state index in [2.05, 4.69) is 15.5 Å². The van der Waals surface area contributed by atoms with Crippen LogP contribution in [0.3, 0.4) is 0 Å². The van der Waals surface area contributed by atoms with Gasteiger partial charge in [-0.1, -0.05) is 23.4 Å². The fraction of sp³-hybridized carbons (Fsp3) is 0.348. The summed E-state index contributed by atoms with van der Waals surface area (Å²) < 4.78 is 30.7. The summed E-state index contributed by atoms with van der Waals surface area (Å²) in [7, 11) is 1.71. The van der Waals surface area contributed by atoms with Crippen LogP contribution in [0.15, 0.2) is 23.4 Å². The molecular formula is C23H24ClFN4O6S2. The summed E-state index contributed by atoms with van der Waals surface area (Å²) in [5.74, 6) is -1.40. The van der Waals surface area contributed by atoms with Crippen LogP contribution in [0.2, 0.25) is 5.02 Å². The van der Waals surface area contributed by atoms with E-state index in [0.29, 0.717) is 22.3 Å². The third-order valence-corrected chi connectivity index (χ3v) is 7.35. The fourth-order valence-corrected chi connectivity index (χ4v) is 5.05. The number of carbonyl (C=O) groups is 3. The first kappa shape index (κ1) is 28.4. The van der Waals surface area contributed by atoms with Gasteiger partial charge in [0.1, 0.15) is 28.1 Å². The normalized spacial score (nSPS) is 10.8. The van der Waals surface area contributed by atoms with Gasteiger partial charge in [0.15, 0.2) is 11.0 Å². The van der Waals surface area contributed by atoms with Crippen LogP contribution in [0.5, 0.6) is 5.75 Å². The zero-order valence-electron chi connectivity index (χ0n) is 20.4. The Labute approximate surface area is 225 Å². The van der Waals surface area contributed by atoms with Crippen molar-refractivity contribution in [3.05, 3.63) is 50.9 Å². The highest BCUT2D eigenvalue weighted by molar-refractivity contribution is 7.99. The number of anilines is 1. The van der Waals surface area contributed by atoms with E-state index in [1.807, 2.05) is 0 Å². The molecule has 0 saturated heterocycles. The molecule has 1 aromatic carbocycles. The van der Waals surface area contributed by atoms with E-state index in [-0.39, 0.29) is 46.0 Å². The SMILES string of the molecule is CCOC(=O)c1sc(NC(=O)CSc2nnc(COc3ccc(F)c(Cl)c3)n2C)c(C(=O)OCC)c1C. The molecule has 0 saturated carbocycles. The Morgan fingerprint density at radius 1 is 1.16 bits per heavy atom. The standard InChI is InChI=1S/C23H24ClFN4O6S2/c1-5-33-21(31)18-12(3)19(22(32)34-6-2)37-20(18)26-17(30)11-36-23-28-27-16(29(23)4)10-35-13-7-8-15(25)14(24)9-13/h7-9H,5-6,10-11H2,1-4H3,(H,26,30). The number of benzene rings is 1. The number of amides is 1. The van der Waals surface area contributed by atoms with Crippen molar-refractivity contribution in [2.45, 2.75) is 32.5 Å². The van der Waals surface area contributed by atoms with E-state index in [9.17, 15) is 18.8 Å². The lowest BCUT2D eigenvalue weighted by molar-refractivity contribution is -0.113. The van der Waals surface area contributed by atoms with Crippen molar-refractivity contribution < 1.29 is 33.0 Å². The van der Waals surface area contributed by atoms with Gasteiger partial charge in [-0.25, -0.2) is 14.0 Å². The van der Waals surface area contributed by atoms with Crippen LogP contribution in [0.25, 0.3) is 0 Å². The van der Waals surface area contributed by atoms with Gasteiger partial charge in [-0.3, -0.25) is 4.79 Å². The number of halogens is 2. The third-order valence-electron chi connectivity index (χ3n) is 4.86. The fourth-order valence-electron chi connectivity index (χ4n) is 3.05. The summed E-state index contributed by atoms with van der Waals surface area (Å²) >= 11 is 7.84. The first-order valence-electron chi connectivity index (χ1n) is 11.0. The number of thiophene rings is 1. The van der Waals surface area contributed by atoms with Gasteiger partial charge in [-0.15, -0.1) is 21.5 Å². The summed E-state index contributed by atoms with van der Waals surface area (Å²) in [5, 5.41) is 11.4. The highest BCUT2D eigenvalue weighted by Gasteiger charge is 2.27. The van der Waals surface area contributed by atoms with Crippen LogP contribution >= 0.6 is 34.7 Å². The molecule has 0 aliphatic rings. The van der Waals surface area contributed by atoms with Crippen molar-refractivity contribution in [1.29, 1.82) is 0 Å². The first-order valence-corrected chi connectivity index (χ1v) is 13.2. The predicted octanol–water partition coefficient (Wildman–Crippen LogP) is 4.64. The number of carbonyl (C=O) groups excluding carboxylic acids is 3. The molecule has 1 amide bonds. The molecule has 3 aromatic rings. The number of nitrogens with one attached hydrogen (secondary N) is 1. The maximum absolute atomic E-state index is 13.3. The van der Waals surface area contributed by atoms with Gasteiger partial charge >= 0.3 is 11.9 Å². The molecule has 198 valence electrons. The minimum Gasteiger partial charge on any atom is -0.486 e. The second kappa shape index (κ2) is 12.9. The van der Waals surface area contributed by atoms with E-state index in [4.69, 9.17) is 25.8 Å². The summed E-state index contributed by atoms with van der Waals surface area (Å²) in [5.41, 5.74) is 0.498. The molecule has 1 N–H and O–H groups in total. The first-order chi connectivity index (χ1) is 17.7. The smallest absolute Gasteiger partial charge is 0.348 e. The molecule has 3 rings (SSSR count). The van der Waals surface area contributed by atoms with Crippen molar-refractivity contribution in [1.82, 2.24) is 14.8 Å². The minimum atomic E-state index is -0.643. The predicted molar refractivity (Wildman–Crippen MR) is 137 cm³/mol. The number of hydrogen-bond donors (Lipinski definition) is 1. The van der Waals surface area contributed by atoms with Gasteiger partial charge < -0.3 is 24.1 Å². The topological polar surface area (TPSA) is 122 Å². The van der Waals surface area contributed by atoms with Gasteiger partial charge in [-0.05, 0) is 38.5 Å². The molecule has 10 nitrogen and oxygen atoms in total. The molecule has 0 unspecified atom stereocenters. The molecule has 37 heavy (non-hydrogen) atoms. The summed E-state index contributed by atoms with van der Waals surface area (Å²) in [6, 6.07) is 4.01. The van der Waals surface area contributed by atoms with Crippen molar-refractivity contribution in [2.24, 2.45) is 7.05 Å². The van der Waals surface area contributed by atoms with Crippen LogP contribution in [0.1, 0.15) is 45.3 Å². The highest BCUT2D eigenvalue weighted by Crippen LogP contribution is 2.34. The van der Waals surface area contributed by atoms with E-state index in [0.717, 1.165) is 23.1 Å². The van der Waals surface area contributed by atoms with Gasteiger partial charge in [0, 0.05) is 13.1 Å². The van der Waals surface area contributed by atoms with Crippen LogP contribution in [-0.2, 0) is 27.9 Å². The van der Waals surface area contributed by atoms with Gasteiger partial charge in [-0.2, -0.15) is 0 Å². The lowest BCUT2D eigenvalue weighted by Gasteiger charge is -2.08. The largest absolute Gasteiger partial charge is 0.486 e. The zero-order valence-corrected chi connectivity index (χ0v) is 22.8. The average molecular weight is 571 g/mol. The number of nitrogens with zero attached hydrogens (tertiary/aromatic N) is 3. The van der Waals surface area contributed by atoms with Crippen molar-refractivity contribution in [3.63, 3.8) is 0 Å². The third kappa shape index (κ3) is 6.99. The summed E-state index contributed by atoms with van der Waals surface area (Å²) in [6.45, 7) is 5.30. The van der Waals surface area contributed by atoms with Crippen LogP contribution in [0.4, 0.5) is 9.39 Å². The number of hydrogen-bond acceptors (Lipinski definition) is 10. The molecule has 0 radical (unpaired) electrons. The number of aromatic nitrogens is 3. The van der Waals surface area contributed by atoms with Crippen LogP contribution in [0, 0.1) is 12.7 Å². The Balaban J connectivity index is 1.66. The van der Waals surface area contributed by atoms with Gasteiger partial charge in [0.05, 0.1) is 29.6 Å². The van der Waals surface area contributed by atoms with E-state index >= 15 is 0 Å². The maximum Gasteiger partial charge on any atom is 0.348 e. The molecule has 2 aromatic heterocycles. The molecule has 0 fully saturated rings. The Morgan fingerprint density at radius 3 is 2.54 bits per heavy atom. The van der Waals surface area contributed by atoms with E-state index < -0.39 is 23.7 Å². The summed E-state index contributed by atoms with van der Waals surface area (Å²) in [6.07, 6.45) is 0. The Bertz CT molecular complexity index is 1310. The molecule has 2 heterocycles. The molecule has 0 aliphatic heterocycles. The van der Waals surface area contributed by atoms with Crippen molar-refractivity contribution in [2.75, 3.05) is 24.3 Å². The second-order valence-corrected chi connectivity index (χ2v) is 9.73. The number of thioether (sulfide) groups is 1. The Kier molecular flexibility index (Phi) is 9.89. The monoisotopic (exact) mass is 570 g/mol. The van der Waals surface area contributed by atoms with E-state index in [1.165, 1.54) is 18.2 Å². The molecule has 0 atom stereocenters. The van der Waals surface area contributed by atoms with Crippen LogP contribution < -0.4 is 10.1 Å². The van der Waals surface area contributed by atoms with Crippen molar-refractivity contribution >= 4 is 57.5 Å². The minimum absolute atomic E-state index is 0.0473. The van der Waals surface area contributed by atoms with E-state index in [1.54, 1.807) is 32.4 Å². The molecule has 14 heteroatoms. The zero-order chi connectivity index (χ0) is 27.1. The van der Waals surface area contributed by atoms with Gasteiger partial charge in [0.25, 0.3) is 0 Å². The van der Waals surface area contributed by atoms with Crippen molar-refractivity contribution in [3.8, 4) is 5.75 Å². The maximum atomic E-state index is 13.3. The number of esters is 2. The summed E-state index contributed by atoms with van der Waals surface area (Å²) in [4.78, 5) is 37.7. The highest BCUT2D eigenvalue weighted by atomic mass is 35.5. The number of rotatable bonds is 11. The average Bonchev–Trinajstić information content (AvgIpc) is 3.37. The quantitative estimate of drug-likeness (QED) is 0.259. The van der Waals surface area contributed by atoms with Crippen LogP contribution in [-0.4, -0.2) is 51.6 Å². The molecular weight excluding hydrogens is 547 g/mol. The molecule has 0 spiro atoms. The molecule has 0 aliphatic carbocycles. The van der Waals surface area contributed by atoms with Gasteiger partial charge in [0.2, 0.25) is 5.91 Å². The second-order valence-electron chi connectivity index (χ2n) is 7.36. The lowest BCUT2D eigenvalue weighted by Crippen LogP contribution is -2.17.